The van der Waals surface area contributed by atoms with E-state index in [1.165, 1.54) is 31.0 Å². The number of hydrogen-bond donors (Lipinski definition) is 2. The van der Waals surface area contributed by atoms with Gasteiger partial charge >= 0.3 is 0 Å². The Balaban J connectivity index is 1.40. The fourth-order valence-corrected chi connectivity index (χ4v) is 3.34. The first-order valence-electron chi connectivity index (χ1n) is 9.47. The quantitative estimate of drug-likeness (QED) is 0.662. The van der Waals surface area contributed by atoms with Crippen molar-refractivity contribution < 1.29 is 4.79 Å². The van der Waals surface area contributed by atoms with Crippen LogP contribution in [0.15, 0.2) is 48.3 Å². The third kappa shape index (κ3) is 6.36. The average Bonchev–Trinajstić information content (AvgIpc) is 2.69. The van der Waals surface area contributed by atoms with Gasteiger partial charge in [0.05, 0.1) is 12.4 Å². The Kier molecular flexibility index (Phi) is 7.22. The molecule has 2 N–H and O–H groups in total. The molecule has 0 fully saturated rings. The summed E-state index contributed by atoms with van der Waals surface area (Å²) in [5.74, 6) is 0.477. The molecule has 2 aromatic rings. The molecule has 3 rings (SSSR count). The van der Waals surface area contributed by atoms with Crippen LogP contribution in [-0.2, 0) is 6.42 Å². The molecule has 0 saturated carbocycles. The molecule has 27 heavy (non-hydrogen) atoms. The van der Waals surface area contributed by atoms with Gasteiger partial charge in [-0.15, -0.1) is 0 Å². The lowest BCUT2D eigenvalue weighted by molar-refractivity contribution is 0.0948. The molecule has 0 radical (unpaired) electrons. The summed E-state index contributed by atoms with van der Waals surface area (Å²) in [5.41, 5.74) is 2.95. The van der Waals surface area contributed by atoms with Gasteiger partial charge in [0.2, 0.25) is 0 Å². The zero-order valence-electron chi connectivity index (χ0n) is 15.4. The first-order chi connectivity index (χ1) is 13.2. The normalized spacial score (nSPS) is 13.7. The number of rotatable bonds is 8. The summed E-state index contributed by atoms with van der Waals surface area (Å²) in [7, 11) is 0. The third-order valence-corrected chi connectivity index (χ3v) is 4.85. The lowest BCUT2D eigenvalue weighted by Crippen LogP contribution is -2.26. The van der Waals surface area contributed by atoms with Crippen LogP contribution in [0.5, 0.6) is 0 Å². The summed E-state index contributed by atoms with van der Waals surface area (Å²) in [6.07, 6.45) is 12.0. The Morgan fingerprint density at radius 2 is 2.04 bits per heavy atom. The van der Waals surface area contributed by atoms with Crippen LogP contribution in [0.4, 0.5) is 5.82 Å². The van der Waals surface area contributed by atoms with Crippen molar-refractivity contribution in [1.29, 1.82) is 0 Å². The standard InChI is InChI=1S/C21H25ClN4O/c22-18-8-4-7-17(13-18)10-11-23-20-15-25-19(14-26-20)21(27)24-12-9-16-5-2-1-3-6-16/h4-5,7-8,13-15H,1-3,6,9-12H2,(H,23,26)(H,24,27). The summed E-state index contributed by atoms with van der Waals surface area (Å²) < 4.78 is 0. The predicted octanol–water partition coefficient (Wildman–Crippen LogP) is 4.40. The van der Waals surface area contributed by atoms with Crippen LogP contribution in [0.2, 0.25) is 5.02 Å². The van der Waals surface area contributed by atoms with E-state index in [1.54, 1.807) is 6.20 Å². The monoisotopic (exact) mass is 384 g/mol. The van der Waals surface area contributed by atoms with Crippen molar-refractivity contribution in [2.24, 2.45) is 0 Å². The van der Waals surface area contributed by atoms with Gasteiger partial charge in [0.25, 0.3) is 5.91 Å². The Hall–Kier alpha value is -2.40. The molecule has 1 aromatic heterocycles. The number of carbonyl (C=O) groups is 1. The van der Waals surface area contributed by atoms with E-state index in [1.807, 2.05) is 24.3 Å². The summed E-state index contributed by atoms with van der Waals surface area (Å²) in [5, 5.41) is 6.87. The second-order valence-corrected chi connectivity index (χ2v) is 7.14. The Labute approximate surface area is 165 Å². The van der Waals surface area contributed by atoms with E-state index >= 15 is 0 Å². The van der Waals surface area contributed by atoms with Crippen molar-refractivity contribution in [3.63, 3.8) is 0 Å². The number of hydrogen-bond acceptors (Lipinski definition) is 4. The van der Waals surface area contributed by atoms with Crippen molar-refractivity contribution >= 4 is 23.3 Å². The van der Waals surface area contributed by atoms with Crippen LogP contribution in [0, 0.1) is 0 Å². The summed E-state index contributed by atoms with van der Waals surface area (Å²) in [6.45, 7) is 1.36. The summed E-state index contributed by atoms with van der Waals surface area (Å²) in [4.78, 5) is 20.6. The van der Waals surface area contributed by atoms with E-state index in [4.69, 9.17) is 11.6 Å². The van der Waals surface area contributed by atoms with Crippen molar-refractivity contribution in [2.45, 2.75) is 38.5 Å². The molecule has 6 heteroatoms. The number of anilines is 1. The number of nitrogens with zero attached hydrogens (tertiary/aromatic N) is 2. The van der Waals surface area contributed by atoms with E-state index in [9.17, 15) is 4.79 Å². The van der Waals surface area contributed by atoms with E-state index in [0.717, 1.165) is 36.4 Å². The molecule has 5 nitrogen and oxygen atoms in total. The molecule has 1 aliphatic carbocycles. The molecule has 0 bridgehead atoms. The first kappa shape index (κ1) is 19.4. The van der Waals surface area contributed by atoms with Crippen molar-refractivity contribution in [2.75, 3.05) is 18.4 Å². The van der Waals surface area contributed by atoms with Gasteiger partial charge in [-0.1, -0.05) is 35.4 Å². The van der Waals surface area contributed by atoms with Crippen LogP contribution in [0.1, 0.15) is 48.2 Å². The van der Waals surface area contributed by atoms with Gasteiger partial charge in [-0.2, -0.15) is 0 Å². The molecular weight excluding hydrogens is 360 g/mol. The minimum atomic E-state index is -0.176. The predicted molar refractivity (Wildman–Crippen MR) is 109 cm³/mol. The number of carbonyl (C=O) groups excluding carboxylic acids is 1. The smallest absolute Gasteiger partial charge is 0.271 e. The number of benzene rings is 1. The van der Waals surface area contributed by atoms with Gasteiger partial charge in [-0.05, 0) is 56.2 Å². The molecule has 1 aromatic carbocycles. The van der Waals surface area contributed by atoms with Crippen LogP contribution in [0.3, 0.4) is 0 Å². The van der Waals surface area contributed by atoms with Crippen molar-refractivity contribution in [1.82, 2.24) is 15.3 Å². The second kappa shape index (κ2) is 10.1. The minimum absolute atomic E-state index is 0.176. The Morgan fingerprint density at radius 1 is 1.11 bits per heavy atom. The average molecular weight is 385 g/mol. The highest BCUT2D eigenvalue weighted by Crippen LogP contribution is 2.19. The number of amides is 1. The summed E-state index contributed by atoms with van der Waals surface area (Å²) in [6, 6.07) is 7.79. The fourth-order valence-electron chi connectivity index (χ4n) is 3.12. The van der Waals surface area contributed by atoms with Gasteiger partial charge in [0, 0.05) is 18.1 Å². The van der Waals surface area contributed by atoms with Crippen LogP contribution in [0.25, 0.3) is 0 Å². The van der Waals surface area contributed by atoms with E-state index < -0.39 is 0 Å². The highest BCUT2D eigenvalue weighted by molar-refractivity contribution is 6.30. The van der Waals surface area contributed by atoms with Gasteiger partial charge < -0.3 is 10.6 Å². The minimum Gasteiger partial charge on any atom is -0.368 e. The van der Waals surface area contributed by atoms with Gasteiger partial charge in [-0.3, -0.25) is 4.79 Å². The maximum absolute atomic E-state index is 12.2. The lowest BCUT2D eigenvalue weighted by atomic mass is 9.97. The number of allylic oxidation sites excluding steroid dienone is 1. The largest absolute Gasteiger partial charge is 0.368 e. The summed E-state index contributed by atoms with van der Waals surface area (Å²) >= 11 is 5.98. The highest BCUT2D eigenvalue weighted by Gasteiger charge is 2.09. The highest BCUT2D eigenvalue weighted by atomic mass is 35.5. The first-order valence-corrected chi connectivity index (χ1v) is 9.85. The van der Waals surface area contributed by atoms with Crippen LogP contribution < -0.4 is 10.6 Å². The van der Waals surface area contributed by atoms with Gasteiger partial charge in [0.1, 0.15) is 11.5 Å². The molecule has 0 atom stereocenters. The molecular formula is C21H25ClN4O. The van der Waals surface area contributed by atoms with Crippen LogP contribution >= 0.6 is 11.6 Å². The molecule has 0 aliphatic heterocycles. The number of halogens is 1. The van der Waals surface area contributed by atoms with Gasteiger partial charge in [-0.25, -0.2) is 9.97 Å². The van der Waals surface area contributed by atoms with Crippen LogP contribution in [-0.4, -0.2) is 29.0 Å². The Bertz CT molecular complexity index is 789. The van der Waals surface area contributed by atoms with E-state index in [2.05, 4.69) is 26.7 Å². The number of nitrogens with one attached hydrogen (secondary N) is 2. The van der Waals surface area contributed by atoms with Crippen molar-refractivity contribution in [3.05, 3.63) is 64.6 Å². The SMILES string of the molecule is O=C(NCCC1=CCCCC1)c1cnc(NCCc2cccc(Cl)c2)cn1. The fraction of sp³-hybridized carbons (Fsp3) is 0.381. The molecule has 0 spiro atoms. The lowest BCUT2D eigenvalue weighted by Gasteiger charge is -2.12. The molecule has 1 amide bonds. The molecule has 142 valence electrons. The molecule has 1 heterocycles. The zero-order chi connectivity index (χ0) is 18.9. The molecule has 0 saturated heterocycles. The topological polar surface area (TPSA) is 66.9 Å². The van der Waals surface area contributed by atoms with E-state index in [0.29, 0.717) is 18.1 Å². The molecule has 0 unspecified atom stereocenters. The van der Waals surface area contributed by atoms with Gasteiger partial charge in [0.15, 0.2) is 0 Å². The maximum atomic E-state index is 12.2. The van der Waals surface area contributed by atoms with Crippen molar-refractivity contribution in [3.8, 4) is 0 Å². The molecule has 1 aliphatic rings. The third-order valence-electron chi connectivity index (χ3n) is 4.61. The second-order valence-electron chi connectivity index (χ2n) is 6.71. The maximum Gasteiger partial charge on any atom is 0.271 e. The zero-order valence-corrected chi connectivity index (χ0v) is 16.1. The number of aromatic nitrogens is 2. The van der Waals surface area contributed by atoms with E-state index in [-0.39, 0.29) is 5.91 Å². The Morgan fingerprint density at radius 3 is 2.78 bits per heavy atom.